The number of carbonyl (C=O) groups is 1. The molecule has 102 valence electrons. The van der Waals surface area contributed by atoms with Gasteiger partial charge in [0, 0.05) is 23.3 Å². The Hall–Kier alpha value is -1.51. The fourth-order valence-electron chi connectivity index (χ4n) is 2.79. The lowest BCUT2D eigenvalue weighted by Gasteiger charge is -2.18. The summed E-state index contributed by atoms with van der Waals surface area (Å²) in [5.41, 5.74) is 1.89. The fraction of sp³-hybridized carbons (Fsp3) is 0.562. The van der Waals surface area contributed by atoms with Crippen LogP contribution in [0.4, 0.5) is 5.69 Å². The molecule has 1 amide bonds. The highest BCUT2D eigenvalue weighted by molar-refractivity contribution is 5.94. The van der Waals surface area contributed by atoms with Crippen molar-refractivity contribution >= 4 is 11.6 Å². The fourth-order valence-corrected chi connectivity index (χ4v) is 2.79. The molecule has 2 saturated carbocycles. The first kappa shape index (κ1) is 12.5. The summed E-state index contributed by atoms with van der Waals surface area (Å²) in [5, 5.41) is 6.59. The van der Waals surface area contributed by atoms with Crippen molar-refractivity contribution in [2.45, 2.75) is 51.1 Å². The molecule has 1 aromatic rings. The van der Waals surface area contributed by atoms with Gasteiger partial charge in [-0.05, 0) is 55.9 Å². The molecule has 0 heterocycles. The number of rotatable bonds is 4. The zero-order valence-corrected chi connectivity index (χ0v) is 11.5. The third kappa shape index (κ3) is 3.09. The van der Waals surface area contributed by atoms with Gasteiger partial charge < -0.3 is 10.6 Å². The Labute approximate surface area is 114 Å². The summed E-state index contributed by atoms with van der Waals surface area (Å²) >= 11 is 0. The van der Waals surface area contributed by atoms with Crippen LogP contribution >= 0.6 is 0 Å². The van der Waals surface area contributed by atoms with Crippen molar-refractivity contribution in [3.63, 3.8) is 0 Å². The maximum Gasteiger partial charge on any atom is 0.251 e. The van der Waals surface area contributed by atoms with E-state index < -0.39 is 0 Å². The molecule has 0 radical (unpaired) electrons. The summed E-state index contributed by atoms with van der Waals surface area (Å²) in [6, 6.07) is 8.88. The van der Waals surface area contributed by atoms with Crippen LogP contribution in [0.25, 0.3) is 0 Å². The number of anilines is 1. The average molecular weight is 258 g/mol. The predicted molar refractivity (Wildman–Crippen MR) is 77.4 cm³/mol. The molecule has 2 aliphatic rings. The quantitative estimate of drug-likeness (QED) is 0.871. The van der Waals surface area contributed by atoms with E-state index in [4.69, 9.17) is 0 Å². The number of benzene rings is 1. The summed E-state index contributed by atoms with van der Waals surface area (Å²) in [5.74, 6) is 0.807. The summed E-state index contributed by atoms with van der Waals surface area (Å²) < 4.78 is 0. The van der Waals surface area contributed by atoms with E-state index >= 15 is 0 Å². The molecule has 3 nitrogen and oxygen atoms in total. The standard InChI is InChI=1S/C16H22N2O/c1-11-3-2-4-15(11)17-13-7-5-12(6-8-13)16(19)18-14-9-10-14/h5-8,11,14-15,17H,2-4,9-10H2,1H3,(H,18,19). The normalized spacial score (nSPS) is 26.2. The van der Waals surface area contributed by atoms with Crippen molar-refractivity contribution in [1.29, 1.82) is 0 Å². The first-order chi connectivity index (χ1) is 9.22. The predicted octanol–water partition coefficient (Wildman–Crippen LogP) is 3.18. The molecule has 2 fully saturated rings. The van der Waals surface area contributed by atoms with E-state index in [1.54, 1.807) is 0 Å². The van der Waals surface area contributed by atoms with Crippen molar-refractivity contribution in [1.82, 2.24) is 5.32 Å². The lowest BCUT2D eigenvalue weighted by atomic mass is 10.1. The van der Waals surface area contributed by atoms with Gasteiger partial charge in [-0.3, -0.25) is 4.79 Å². The first-order valence-electron chi connectivity index (χ1n) is 7.40. The van der Waals surface area contributed by atoms with E-state index in [1.807, 2.05) is 24.3 Å². The van der Waals surface area contributed by atoms with Gasteiger partial charge in [-0.25, -0.2) is 0 Å². The van der Waals surface area contributed by atoms with Gasteiger partial charge in [-0.1, -0.05) is 13.3 Å². The second kappa shape index (κ2) is 5.24. The van der Waals surface area contributed by atoms with Crippen LogP contribution in [-0.4, -0.2) is 18.0 Å². The summed E-state index contributed by atoms with van der Waals surface area (Å²) in [6.45, 7) is 2.31. The minimum atomic E-state index is 0.0586. The molecule has 2 unspecified atom stereocenters. The molecule has 0 spiro atoms. The van der Waals surface area contributed by atoms with Crippen LogP contribution in [0.15, 0.2) is 24.3 Å². The Kier molecular flexibility index (Phi) is 3.45. The van der Waals surface area contributed by atoms with E-state index in [1.165, 1.54) is 19.3 Å². The zero-order valence-electron chi connectivity index (χ0n) is 11.5. The van der Waals surface area contributed by atoms with Crippen LogP contribution in [0.3, 0.4) is 0 Å². The smallest absolute Gasteiger partial charge is 0.251 e. The second-order valence-corrected chi connectivity index (χ2v) is 5.98. The number of hydrogen-bond acceptors (Lipinski definition) is 2. The Morgan fingerprint density at radius 1 is 1.11 bits per heavy atom. The third-order valence-electron chi connectivity index (χ3n) is 4.27. The Bertz CT molecular complexity index is 450. The number of hydrogen-bond donors (Lipinski definition) is 2. The molecule has 2 atom stereocenters. The van der Waals surface area contributed by atoms with Gasteiger partial charge in [0.05, 0.1) is 0 Å². The Morgan fingerprint density at radius 2 is 1.84 bits per heavy atom. The third-order valence-corrected chi connectivity index (χ3v) is 4.27. The van der Waals surface area contributed by atoms with E-state index in [2.05, 4.69) is 17.6 Å². The first-order valence-corrected chi connectivity index (χ1v) is 7.40. The number of amides is 1. The molecule has 19 heavy (non-hydrogen) atoms. The van der Waals surface area contributed by atoms with Gasteiger partial charge in [0.1, 0.15) is 0 Å². The number of nitrogens with one attached hydrogen (secondary N) is 2. The topological polar surface area (TPSA) is 41.1 Å². The highest BCUT2D eigenvalue weighted by Gasteiger charge is 2.24. The van der Waals surface area contributed by atoms with Crippen LogP contribution in [0.5, 0.6) is 0 Å². The van der Waals surface area contributed by atoms with Crippen molar-refractivity contribution in [3.8, 4) is 0 Å². The van der Waals surface area contributed by atoms with Crippen LogP contribution in [-0.2, 0) is 0 Å². The van der Waals surface area contributed by atoms with E-state index in [0.29, 0.717) is 12.1 Å². The van der Waals surface area contributed by atoms with Crippen molar-refractivity contribution in [2.24, 2.45) is 5.92 Å². The average Bonchev–Trinajstić information content (AvgIpc) is 3.14. The van der Waals surface area contributed by atoms with E-state index in [9.17, 15) is 4.79 Å². The zero-order chi connectivity index (χ0) is 13.2. The van der Waals surface area contributed by atoms with Crippen LogP contribution in [0, 0.1) is 5.92 Å². The van der Waals surface area contributed by atoms with Crippen molar-refractivity contribution in [3.05, 3.63) is 29.8 Å². The molecular weight excluding hydrogens is 236 g/mol. The van der Waals surface area contributed by atoms with Gasteiger partial charge in [0.25, 0.3) is 5.91 Å². The highest BCUT2D eigenvalue weighted by atomic mass is 16.1. The van der Waals surface area contributed by atoms with Crippen LogP contribution in [0.2, 0.25) is 0 Å². The maximum absolute atomic E-state index is 11.9. The summed E-state index contributed by atoms with van der Waals surface area (Å²) in [7, 11) is 0. The largest absolute Gasteiger partial charge is 0.382 e. The Morgan fingerprint density at radius 3 is 2.42 bits per heavy atom. The van der Waals surface area contributed by atoms with Gasteiger partial charge in [-0.15, -0.1) is 0 Å². The lowest BCUT2D eigenvalue weighted by Crippen LogP contribution is -2.25. The van der Waals surface area contributed by atoms with Gasteiger partial charge in [0.15, 0.2) is 0 Å². The van der Waals surface area contributed by atoms with Crippen LogP contribution in [0.1, 0.15) is 49.4 Å². The Balaban J connectivity index is 1.59. The summed E-state index contributed by atoms with van der Waals surface area (Å²) in [6.07, 6.45) is 6.15. The molecule has 0 saturated heterocycles. The molecule has 3 heteroatoms. The van der Waals surface area contributed by atoms with E-state index in [0.717, 1.165) is 30.0 Å². The summed E-state index contributed by atoms with van der Waals surface area (Å²) in [4.78, 5) is 11.9. The SMILES string of the molecule is CC1CCCC1Nc1ccc(C(=O)NC2CC2)cc1. The lowest BCUT2D eigenvalue weighted by molar-refractivity contribution is 0.0951. The van der Waals surface area contributed by atoms with Gasteiger partial charge in [0.2, 0.25) is 0 Å². The molecule has 0 aromatic heterocycles. The van der Waals surface area contributed by atoms with Crippen LogP contribution < -0.4 is 10.6 Å². The van der Waals surface area contributed by atoms with E-state index in [-0.39, 0.29) is 5.91 Å². The molecular formula is C16H22N2O. The van der Waals surface area contributed by atoms with Gasteiger partial charge >= 0.3 is 0 Å². The molecule has 2 aliphatic carbocycles. The minimum absolute atomic E-state index is 0.0586. The molecule has 0 aliphatic heterocycles. The van der Waals surface area contributed by atoms with Gasteiger partial charge in [-0.2, -0.15) is 0 Å². The monoisotopic (exact) mass is 258 g/mol. The van der Waals surface area contributed by atoms with Crippen molar-refractivity contribution < 1.29 is 4.79 Å². The van der Waals surface area contributed by atoms with Crippen molar-refractivity contribution in [2.75, 3.05) is 5.32 Å². The number of carbonyl (C=O) groups excluding carboxylic acids is 1. The molecule has 0 bridgehead atoms. The molecule has 2 N–H and O–H groups in total. The molecule has 1 aromatic carbocycles. The maximum atomic E-state index is 11.9. The minimum Gasteiger partial charge on any atom is -0.382 e. The molecule has 3 rings (SSSR count). The second-order valence-electron chi connectivity index (χ2n) is 5.98. The highest BCUT2D eigenvalue weighted by Crippen LogP contribution is 2.28.